The molecule has 0 aromatic heterocycles. The Morgan fingerprint density at radius 2 is 2.20 bits per heavy atom. The first kappa shape index (κ1) is 11.6. The molecule has 0 amide bonds. The maximum atomic E-state index is 11.4. The summed E-state index contributed by atoms with van der Waals surface area (Å²) in [5.74, 6) is -0.225. The Bertz CT molecular complexity index is 406. The molecule has 0 unspecified atom stereocenters. The van der Waals surface area contributed by atoms with E-state index in [1.807, 2.05) is 0 Å². The topological polar surface area (TPSA) is 86.2 Å². The zero-order valence-corrected chi connectivity index (χ0v) is 8.53. The molecule has 0 radical (unpaired) electrons. The third-order valence-electron chi connectivity index (χ3n) is 1.84. The fourth-order valence-corrected chi connectivity index (χ4v) is 1.29. The highest BCUT2D eigenvalue weighted by Gasteiger charge is 2.15. The Balaban J connectivity index is 3.07. The van der Waals surface area contributed by atoms with Crippen molar-refractivity contribution in [1.82, 2.24) is 0 Å². The molecule has 0 bridgehead atoms. The lowest BCUT2D eigenvalue weighted by Gasteiger charge is -2.00. The van der Waals surface area contributed by atoms with Gasteiger partial charge in [-0.3, -0.25) is 14.9 Å². The average molecular weight is 229 g/mol. The monoisotopic (exact) mass is 228 g/mol. The number of nitrogens with zero attached hydrogens (tertiary/aromatic N) is 1. The average Bonchev–Trinajstić information content (AvgIpc) is 2.18. The van der Waals surface area contributed by atoms with E-state index in [1.54, 1.807) is 0 Å². The number of rotatable bonds is 4. The standard InChI is InChI=1S/C9H9ClN2O3/c10-7-2-1-6(9(13)3-4-11)5-8(7)12(14)15/h1-2,5H,3-4,11H2. The minimum absolute atomic E-state index is 0.0179. The van der Waals surface area contributed by atoms with Gasteiger partial charge in [0.15, 0.2) is 5.78 Å². The van der Waals surface area contributed by atoms with Crippen LogP contribution < -0.4 is 5.73 Å². The van der Waals surface area contributed by atoms with Crippen molar-refractivity contribution in [2.75, 3.05) is 6.54 Å². The number of carbonyl (C=O) groups excluding carboxylic acids is 1. The van der Waals surface area contributed by atoms with Gasteiger partial charge in [-0.2, -0.15) is 0 Å². The number of carbonyl (C=O) groups is 1. The Hall–Kier alpha value is -1.46. The summed E-state index contributed by atoms with van der Waals surface area (Å²) in [6, 6.07) is 3.96. The second-order valence-electron chi connectivity index (χ2n) is 2.89. The summed E-state index contributed by atoms with van der Waals surface area (Å²) in [5.41, 5.74) is 5.21. The number of hydrogen-bond donors (Lipinski definition) is 1. The van der Waals surface area contributed by atoms with Crippen LogP contribution in [0.4, 0.5) is 5.69 Å². The van der Waals surface area contributed by atoms with Crippen molar-refractivity contribution in [2.45, 2.75) is 6.42 Å². The molecule has 15 heavy (non-hydrogen) atoms. The van der Waals surface area contributed by atoms with Crippen LogP contribution >= 0.6 is 11.6 Å². The molecule has 5 nitrogen and oxygen atoms in total. The van der Waals surface area contributed by atoms with E-state index in [0.717, 1.165) is 0 Å². The molecular weight excluding hydrogens is 220 g/mol. The number of Topliss-reactive ketones (excluding diaryl/α,β-unsaturated/α-hetero) is 1. The highest BCUT2D eigenvalue weighted by atomic mass is 35.5. The largest absolute Gasteiger partial charge is 0.330 e. The first-order valence-electron chi connectivity index (χ1n) is 4.23. The normalized spacial score (nSPS) is 10.0. The van der Waals surface area contributed by atoms with Gasteiger partial charge in [0.2, 0.25) is 0 Å². The van der Waals surface area contributed by atoms with Crippen molar-refractivity contribution in [3.8, 4) is 0 Å². The van der Waals surface area contributed by atoms with E-state index in [9.17, 15) is 14.9 Å². The smallest absolute Gasteiger partial charge is 0.288 e. The molecule has 0 aliphatic heterocycles. The molecule has 2 N–H and O–H groups in total. The molecule has 0 spiro atoms. The second kappa shape index (κ2) is 4.86. The molecule has 80 valence electrons. The van der Waals surface area contributed by atoms with Gasteiger partial charge in [0.05, 0.1) is 4.92 Å². The lowest BCUT2D eigenvalue weighted by atomic mass is 10.1. The minimum atomic E-state index is -0.623. The molecule has 0 aliphatic carbocycles. The summed E-state index contributed by atoms with van der Waals surface area (Å²) in [4.78, 5) is 21.3. The number of nitro benzene ring substituents is 1. The third-order valence-corrected chi connectivity index (χ3v) is 2.16. The van der Waals surface area contributed by atoms with Gasteiger partial charge >= 0.3 is 0 Å². The fraction of sp³-hybridized carbons (Fsp3) is 0.222. The van der Waals surface area contributed by atoms with Gasteiger partial charge in [-0.25, -0.2) is 0 Å². The first-order chi connectivity index (χ1) is 7.06. The maximum Gasteiger partial charge on any atom is 0.288 e. The number of halogens is 1. The molecule has 0 saturated heterocycles. The van der Waals surface area contributed by atoms with Gasteiger partial charge < -0.3 is 5.73 Å². The van der Waals surface area contributed by atoms with Gasteiger partial charge in [-0.1, -0.05) is 11.6 Å². The molecule has 1 rings (SSSR count). The lowest BCUT2D eigenvalue weighted by Crippen LogP contribution is -2.08. The highest BCUT2D eigenvalue weighted by molar-refractivity contribution is 6.32. The van der Waals surface area contributed by atoms with Gasteiger partial charge in [0.25, 0.3) is 5.69 Å². The summed E-state index contributed by atoms with van der Waals surface area (Å²) < 4.78 is 0. The lowest BCUT2D eigenvalue weighted by molar-refractivity contribution is -0.384. The van der Waals surface area contributed by atoms with Crippen molar-refractivity contribution in [3.63, 3.8) is 0 Å². The van der Waals surface area contributed by atoms with Crippen LogP contribution in [0.25, 0.3) is 0 Å². The van der Waals surface area contributed by atoms with Gasteiger partial charge in [-0.15, -0.1) is 0 Å². The van der Waals surface area contributed by atoms with E-state index < -0.39 is 4.92 Å². The zero-order chi connectivity index (χ0) is 11.4. The summed E-state index contributed by atoms with van der Waals surface area (Å²) in [6.45, 7) is 0.218. The minimum Gasteiger partial charge on any atom is -0.330 e. The molecule has 0 aliphatic rings. The summed E-state index contributed by atoms with van der Waals surface area (Å²) >= 11 is 5.60. The van der Waals surface area contributed by atoms with Gasteiger partial charge in [0.1, 0.15) is 5.02 Å². The van der Waals surface area contributed by atoms with Crippen LogP contribution in [0.2, 0.25) is 5.02 Å². The Labute approximate surface area is 91.0 Å². The van der Waals surface area contributed by atoms with Crippen LogP contribution in [0, 0.1) is 10.1 Å². The van der Waals surface area contributed by atoms with Crippen molar-refractivity contribution in [1.29, 1.82) is 0 Å². The van der Waals surface area contributed by atoms with Crippen molar-refractivity contribution < 1.29 is 9.72 Å². The van der Waals surface area contributed by atoms with Crippen molar-refractivity contribution in [2.24, 2.45) is 5.73 Å². The Morgan fingerprint density at radius 1 is 1.53 bits per heavy atom. The predicted octanol–water partition coefficient (Wildman–Crippen LogP) is 1.78. The summed E-state index contributed by atoms with van der Waals surface area (Å²) in [5, 5.41) is 10.6. The van der Waals surface area contributed by atoms with Gasteiger partial charge in [0, 0.05) is 18.1 Å². The van der Waals surface area contributed by atoms with E-state index in [-0.39, 0.29) is 35.0 Å². The second-order valence-corrected chi connectivity index (χ2v) is 3.29. The molecular formula is C9H9ClN2O3. The molecule has 0 fully saturated rings. The molecule has 6 heteroatoms. The van der Waals surface area contributed by atoms with Crippen LogP contribution in [-0.4, -0.2) is 17.3 Å². The van der Waals surface area contributed by atoms with Crippen molar-refractivity contribution >= 4 is 23.1 Å². The zero-order valence-electron chi connectivity index (χ0n) is 7.77. The molecule has 0 saturated carbocycles. The van der Waals surface area contributed by atoms with Crippen LogP contribution in [0.1, 0.15) is 16.8 Å². The van der Waals surface area contributed by atoms with E-state index in [0.29, 0.717) is 0 Å². The third kappa shape index (κ3) is 2.74. The number of hydrogen-bond acceptors (Lipinski definition) is 4. The number of ketones is 1. The Kier molecular flexibility index (Phi) is 3.76. The highest BCUT2D eigenvalue weighted by Crippen LogP contribution is 2.25. The first-order valence-corrected chi connectivity index (χ1v) is 4.61. The fourth-order valence-electron chi connectivity index (χ4n) is 1.10. The number of nitrogens with two attached hydrogens (primary N) is 1. The van der Waals surface area contributed by atoms with E-state index in [4.69, 9.17) is 17.3 Å². The van der Waals surface area contributed by atoms with Crippen LogP contribution in [0.15, 0.2) is 18.2 Å². The molecule has 0 heterocycles. The number of nitro groups is 1. The summed E-state index contributed by atoms with van der Waals surface area (Å²) in [6.07, 6.45) is 0.165. The number of benzene rings is 1. The molecule has 1 aromatic rings. The maximum absolute atomic E-state index is 11.4. The van der Waals surface area contributed by atoms with E-state index in [2.05, 4.69) is 0 Å². The van der Waals surface area contributed by atoms with Crippen LogP contribution in [0.5, 0.6) is 0 Å². The van der Waals surface area contributed by atoms with Crippen LogP contribution in [-0.2, 0) is 0 Å². The quantitative estimate of drug-likeness (QED) is 0.483. The summed E-state index contributed by atoms with van der Waals surface area (Å²) in [7, 11) is 0. The van der Waals surface area contributed by atoms with E-state index >= 15 is 0 Å². The van der Waals surface area contributed by atoms with Gasteiger partial charge in [-0.05, 0) is 18.7 Å². The molecule has 0 atom stereocenters. The SMILES string of the molecule is NCCC(=O)c1ccc(Cl)c([N+](=O)[O-])c1. The van der Waals surface area contributed by atoms with Crippen molar-refractivity contribution in [3.05, 3.63) is 38.9 Å². The predicted molar refractivity (Wildman–Crippen MR) is 56.1 cm³/mol. The van der Waals surface area contributed by atoms with Crippen LogP contribution in [0.3, 0.4) is 0 Å². The molecule has 1 aromatic carbocycles. The Morgan fingerprint density at radius 3 is 2.73 bits per heavy atom. The van der Waals surface area contributed by atoms with E-state index in [1.165, 1.54) is 18.2 Å².